The van der Waals surface area contributed by atoms with Gasteiger partial charge in [0.2, 0.25) is 5.91 Å². The average molecular weight is 430 g/mol. The molecule has 0 spiro atoms. The molecular formula is C27H27NO4. The molecule has 0 fully saturated rings. The first-order valence-electron chi connectivity index (χ1n) is 10.7. The third-order valence-corrected chi connectivity index (χ3v) is 6.41. The highest BCUT2D eigenvalue weighted by Gasteiger charge is 2.32. The number of amides is 1. The number of rotatable bonds is 5. The van der Waals surface area contributed by atoms with Gasteiger partial charge < -0.3 is 15.1 Å². The van der Waals surface area contributed by atoms with Crippen molar-refractivity contribution in [3.63, 3.8) is 0 Å². The molecule has 1 aliphatic rings. The number of nitrogens with zero attached hydrogens (tertiary/aromatic N) is 1. The molecule has 0 bridgehead atoms. The normalized spacial score (nSPS) is 14.2. The molecule has 0 saturated carbocycles. The molecule has 0 saturated heterocycles. The van der Waals surface area contributed by atoms with Gasteiger partial charge in [0.1, 0.15) is 0 Å². The van der Waals surface area contributed by atoms with Crippen LogP contribution < -0.4 is 0 Å². The first-order valence-corrected chi connectivity index (χ1v) is 10.7. The molecule has 1 aliphatic heterocycles. The average Bonchev–Trinajstić information content (AvgIpc) is 2.78. The predicted molar refractivity (Wildman–Crippen MR) is 123 cm³/mol. The van der Waals surface area contributed by atoms with Gasteiger partial charge >= 0.3 is 5.97 Å². The zero-order valence-corrected chi connectivity index (χ0v) is 18.6. The first kappa shape index (κ1) is 21.8. The zero-order valence-electron chi connectivity index (χ0n) is 18.6. The lowest BCUT2D eigenvalue weighted by Crippen LogP contribution is -2.37. The Kier molecular flexibility index (Phi) is 5.85. The van der Waals surface area contributed by atoms with Crippen LogP contribution in [0.2, 0.25) is 0 Å². The number of carboxylic acid groups (broad SMARTS) is 1. The molecule has 0 aromatic heterocycles. The van der Waals surface area contributed by atoms with Crippen LogP contribution in [0.1, 0.15) is 45.0 Å². The maximum absolute atomic E-state index is 13.0. The van der Waals surface area contributed by atoms with Crippen molar-refractivity contribution in [2.24, 2.45) is 0 Å². The van der Waals surface area contributed by atoms with Gasteiger partial charge in [0, 0.05) is 18.7 Å². The first-order chi connectivity index (χ1) is 15.3. The molecule has 4 rings (SSSR count). The number of hydrogen-bond donors (Lipinski definition) is 2. The van der Waals surface area contributed by atoms with Crippen LogP contribution in [0.5, 0.6) is 0 Å². The van der Waals surface area contributed by atoms with E-state index >= 15 is 0 Å². The molecule has 1 amide bonds. The maximum atomic E-state index is 13.0. The third-order valence-electron chi connectivity index (χ3n) is 6.41. The van der Waals surface area contributed by atoms with E-state index in [2.05, 4.69) is 0 Å². The summed E-state index contributed by atoms with van der Waals surface area (Å²) in [4.78, 5) is 26.6. The van der Waals surface area contributed by atoms with Gasteiger partial charge in [0.15, 0.2) is 6.10 Å². The second kappa shape index (κ2) is 8.60. The number of benzene rings is 3. The molecule has 2 N–H and O–H groups in total. The number of carbonyl (C=O) groups is 2. The van der Waals surface area contributed by atoms with Gasteiger partial charge in [-0.05, 0) is 59.7 Å². The fraction of sp³-hybridized carbons (Fsp3) is 0.259. The van der Waals surface area contributed by atoms with Crippen LogP contribution in [-0.4, -0.2) is 27.0 Å². The summed E-state index contributed by atoms with van der Waals surface area (Å²) in [5.74, 6) is -1.30. The van der Waals surface area contributed by atoms with Crippen molar-refractivity contribution >= 4 is 11.9 Å². The molecule has 32 heavy (non-hydrogen) atoms. The summed E-state index contributed by atoms with van der Waals surface area (Å²) in [6.07, 6.45) is -1.46. The van der Waals surface area contributed by atoms with Crippen LogP contribution in [0.25, 0.3) is 11.1 Å². The van der Waals surface area contributed by atoms with Crippen molar-refractivity contribution in [1.82, 2.24) is 4.90 Å². The second-order valence-corrected chi connectivity index (χ2v) is 8.51. The smallest absolute Gasteiger partial charge is 0.337 e. The van der Waals surface area contributed by atoms with Crippen molar-refractivity contribution in [3.8, 4) is 11.1 Å². The van der Waals surface area contributed by atoms with Crippen LogP contribution in [0, 0.1) is 20.8 Å². The lowest BCUT2D eigenvalue weighted by Gasteiger charge is -2.34. The Bertz CT molecular complexity index is 1180. The topological polar surface area (TPSA) is 77.8 Å². The van der Waals surface area contributed by atoms with E-state index in [0.717, 1.165) is 38.9 Å². The third kappa shape index (κ3) is 3.92. The van der Waals surface area contributed by atoms with E-state index in [9.17, 15) is 19.8 Å². The Morgan fingerprint density at radius 2 is 1.62 bits per heavy atom. The Balaban J connectivity index is 1.87. The highest BCUT2D eigenvalue weighted by Crippen LogP contribution is 2.41. The van der Waals surface area contributed by atoms with E-state index in [-0.39, 0.29) is 12.3 Å². The molecule has 0 unspecified atom stereocenters. The second-order valence-electron chi connectivity index (χ2n) is 8.51. The van der Waals surface area contributed by atoms with Gasteiger partial charge in [0.05, 0.1) is 6.42 Å². The SMILES string of the molecule is Cc1ccc(-c2c(C)c3c(c(C)c2[C@H](O)C(=O)O)CC(=O)N(Cc2ccccc2)C3)cc1. The number of fused-ring (bicyclic) bond motifs is 1. The molecule has 164 valence electrons. The van der Waals surface area contributed by atoms with Crippen molar-refractivity contribution in [3.05, 3.63) is 93.5 Å². The number of carbonyl (C=O) groups excluding carboxylic acids is 1. The van der Waals surface area contributed by atoms with Gasteiger partial charge in [-0.3, -0.25) is 4.79 Å². The molecule has 5 heteroatoms. The molecule has 5 nitrogen and oxygen atoms in total. The fourth-order valence-corrected chi connectivity index (χ4v) is 4.66. The number of aliphatic carboxylic acids is 1. The van der Waals surface area contributed by atoms with Gasteiger partial charge in [-0.25, -0.2) is 4.79 Å². The predicted octanol–water partition coefficient (Wildman–Crippen LogP) is 4.48. The number of aryl methyl sites for hydroxylation is 1. The minimum absolute atomic E-state index is 0.00250. The summed E-state index contributed by atoms with van der Waals surface area (Å²) in [5, 5.41) is 20.2. The molecule has 1 atom stereocenters. The van der Waals surface area contributed by atoms with Crippen LogP contribution in [0.4, 0.5) is 0 Å². The molecule has 1 heterocycles. The Labute approximate surface area is 187 Å². The summed E-state index contributed by atoms with van der Waals surface area (Å²) in [7, 11) is 0. The van der Waals surface area contributed by atoms with Crippen LogP contribution in [0.15, 0.2) is 54.6 Å². The largest absolute Gasteiger partial charge is 0.479 e. The van der Waals surface area contributed by atoms with Gasteiger partial charge in [-0.15, -0.1) is 0 Å². The van der Waals surface area contributed by atoms with Crippen LogP contribution >= 0.6 is 0 Å². The minimum atomic E-state index is -1.66. The Morgan fingerprint density at radius 3 is 2.25 bits per heavy atom. The van der Waals surface area contributed by atoms with Crippen molar-refractivity contribution in [2.45, 2.75) is 46.4 Å². The number of aliphatic hydroxyl groups is 1. The number of hydrogen-bond acceptors (Lipinski definition) is 3. The summed E-state index contributed by atoms with van der Waals surface area (Å²) < 4.78 is 0. The standard InChI is InChI=1S/C27H27NO4/c1-16-9-11-20(12-10-16)24-18(3)22-15-28(14-19-7-5-4-6-8-19)23(29)13-21(22)17(2)25(24)26(30)27(31)32/h4-12,26,30H,13-15H2,1-3H3,(H,31,32)/t26-/m0/s1. The number of aliphatic hydroxyl groups excluding tert-OH is 1. The van der Waals surface area contributed by atoms with Crippen molar-refractivity contribution in [1.29, 1.82) is 0 Å². The van der Waals surface area contributed by atoms with Gasteiger partial charge in [-0.1, -0.05) is 60.2 Å². The molecule has 0 radical (unpaired) electrons. The van der Waals surface area contributed by atoms with Gasteiger partial charge in [-0.2, -0.15) is 0 Å². The molecule has 3 aromatic rings. The van der Waals surface area contributed by atoms with E-state index in [1.165, 1.54) is 0 Å². The maximum Gasteiger partial charge on any atom is 0.337 e. The molecule has 3 aromatic carbocycles. The van der Waals surface area contributed by atoms with E-state index in [1.54, 1.807) is 0 Å². The Hall–Kier alpha value is -3.44. The van der Waals surface area contributed by atoms with Crippen molar-refractivity contribution in [2.75, 3.05) is 0 Å². The fourth-order valence-electron chi connectivity index (χ4n) is 4.66. The number of carboxylic acids is 1. The molecule has 0 aliphatic carbocycles. The van der Waals surface area contributed by atoms with Gasteiger partial charge in [0.25, 0.3) is 0 Å². The summed E-state index contributed by atoms with van der Waals surface area (Å²) >= 11 is 0. The van der Waals surface area contributed by atoms with E-state index in [1.807, 2.05) is 80.3 Å². The van der Waals surface area contributed by atoms with Crippen molar-refractivity contribution < 1.29 is 19.8 Å². The minimum Gasteiger partial charge on any atom is -0.479 e. The lowest BCUT2D eigenvalue weighted by molar-refractivity contribution is -0.147. The monoisotopic (exact) mass is 429 g/mol. The quantitative estimate of drug-likeness (QED) is 0.627. The molecular weight excluding hydrogens is 402 g/mol. The summed E-state index contributed by atoms with van der Waals surface area (Å²) in [6, 6.07) is 17.7. The summed E-state index contributed by atoms with van der Waals surface area (Å²) in [5.41, 5.74) is 7.61. The van der Waals surface area contributed by atoms with Crippen LogP contribution in [0.3, 0.4) is 0 Å². The summed E-state index contributed by atoms with van der Waals surface area (Å²) in [6.45, 7) is 6.75. The highest BCUT2D eigenvalue weighted by molar-refractivity contribution is 5.87. The highest BCUT2D eigenvalue weighted by atomic mass is 16.4. The van der Waals surface area contributed by atoms with E-state index in [0.29, 0.717) is 24.2 Å². The Morgan fingerprint density at radius 1 is 0.969 bits per heavy atom. The van der Waals surface area contributed by atoms with Crippen LogP contribution in [-0.2, 0) is 29.1 Å². The van der Waals surface area contributed by atoms with E-state index in [4.69, 9.17) is 0 Å². The zero-order chi connectivity index (χ0) is 23.0. The van der Waals surface area contributed by atoms with E-state index < -0.39 is 12.1 Å². The lowest BCUT2D eigenvalue weighted by atomic mass is 9.80.